The lowest BCUT2D eigenvalue weighted by Gasteiger charge is -2.40. The first-order valence-corrected chi connectivity index (χ1v) is 7.42. The van der Waals surface area contributed by atoms with Gasteiger partial charge in [0.25, 0.3) is 0 Å². The molecule has 1 atom stereocenters. The van der Waals surface area contributed by atoms with Crippen LogP contribution >= 0.6 is 0 Å². The lowest BCUT2D eigenvalue weighted by Crippen LogP contribution is -2.47. The van der Waals surface area contributed by atoms with Crippen LogP contribution in [0, 0.1) is 5.92 Å². The summed E-state index contributed by atoms with van der Waals surface area (Å²) in [5.41, 5.74) is 1.39. The van der Waals surface area contributed by atoms with Crippen molar-refractivity contribution in [1.29, 1.82) is 0 Å². The van der Waals surface area contributed by atoms with Gasteiger partial charge in [0.1, 0.15) is 0 Å². The maximum Gasteiger partial charge on any atom is 0.0950 e. The van der Waals surface area contributed by atoms with E-state index >= 15 is 0 Å². The summed E-state index contributed by atoms with van der Waals surface area (Å²) in [6.07, 6.45) is 10.8. The van der Waals surface area contributed by atoms with Crippen LogP contribution in [0.4, 0.5) is 0 Å². The zero-order chi connectivity index (χ0) is 12.2. The third-order valence-corrected chi connectivity index (χ3v) is 4.53. The van der Waals surface area contributed by atoms with E-state index in [4.69, 9.17) is 4.42 Å². The van der Waals surface area contributed by atoms with Gasteiger partial charge in [0.2, 0.25) is 0 Å². The molecule has 0 amide bonds. The van der Waals surface area contributed by atoms with Crippen molar-refractivity contribution < 1.29 is 4.42 Å². The lowest BCUT2D eigenvalue weighted by molar-refractivity contribution is 0.103. The summed E-state index contributed by atoms with van der Waals surface area (Å²) in [6, 6.07) is 2.76. The number of furan rings is 1. The third-order valence-electron chi connectivity index (χ3n) is 4.53. The molecule has 1 aromatic rings. The van der Waals surface area contributed by atoms with E-state index in [1.165, 1.54) is 50.8 Å². The van der Waals surface area contributed by atoms with E-state index in [9.17, 15) is 0 Å². The molecule has 1 aliphatic carbocycles. The zero-order valence-corrected chi connectivity index (χ0v) is 11.1. The minimum atomic E-state index is 0.589. The fourth-order valence-electron chi connectivity index (χ4n) is 3.63. The van der Waals surface area contributed by atoms with Gasteiger partial charge in [-0.25, -0.2) is 0 Å². The van der Waals surface area contributed by atoms with E-state index in [1.807, 2.05) is 12.5 Å². The molecule has 1 saturated carbocycles. The minimum absolute atomic E-state index is 0.589. The molecule has 3 nitrogen and oxygen atoms in total. The Kier molecular flexibility index (Phi) is 4.01. The van der Waals surface area contributed by atoms with E-state index in [2.05, 4.69) is 16.3 Å². The highest BCUT2D eigenvalue weighted by molar-refractivity contribution is 5.14. The summed E-state index contributed by atoms with van der Waals surface area (Å²) in [4.78, 5) is 2.66. The van der Waals surface area contributed by atoms with E-state index in [0.717, 1.165) is 19.0 Å². The molecule has 3 rings (SSSR count). The van der Waals surface area contributed by atoms with E-state index < -0.39 is 0 Å². The van der Waals surface area contributed by atoms with E-state index in [1.54, 1.807) is 0 Å². The van der Waals surface area contributed by atoms with Gasteiger partial charge in [-0.3, -0.25) is 4.90 Å². The van der Waals surface area contributed by atoms with Crippen LogP contribution < -0.4 is 5.32 Å². The van der Waals surface area contributed by atoms with Crippen molar-refractivity contribution in [1.82, 2.24) is 10.2 Å². The molecule has 0 unspecified atom stereocenters. The molecule has 1 aromatic heterocycles. The molecular formula is C15H24N2O. The second-order valence-corrected chi connectivity index (χ2v) is 5.69. The smallest absolute Gasteiger partial charge is 0.0950 e. The topological polar surface area (TPSA) is 28.4 Å². The first-order valence-electron chi connectivity index (χ1n) is 7.42. The summed E-state index contributed by atoms with van der Waals surface area (Å²) in [5, 5.41) is 3.45. The van der Waals surface area contributed by atoms with E-state index in [0.29, 0.717) is 6.04 Å². The quantitative estimate of drug-likeness (QED) is 0.891. The monoisotopic (exact) mass is 248 g/mol. The molecule has 1 aliphatic heterocycles. The van der Waals surface area contributed by atoms with Gasteiger partial charge in [0.15, 0.2) is 0 Å². The first-order chi connectivity index (χ1) is 8.95. The molecule has 1 N–H and O–H groups in total. The largest absolute Gasteiger partial charge is 0.472 e. The molecular weight excluding hydrogens is 224 g/mol. The minimum Gasteiger partial charge on any atom is -0.472 e. The Hall–Kier alpha value is -0.800. The van der Waals surface area contributed by atoms with Crippen LogP contribution in [0.5, 0.6) is 0 Å². The van der Waals surface area contributed by atoms with Crippen molar-refractivity contribution in [2.75, 3.05) is 26.2 Å². The average Bonchev–Trinajstić information content (AvgIpc) is 2.95. The fourth-order valence-corrected chi connectivity index (χ4v) is 3.63. The molecule has 0 aromatic carbocycles. The third kappa shape index (κ3) is 2.62. The van der Waals surface area contributed by atoms with Gasteiger partial charge in [-0.15, -0.1) is 0 Å². The second-order valence-electron chi connectivity index (χ2n) is 5.69. The molecule has 0 spiro atoms. The SMILES string of the molecule is c1cc([C@@H](C2CCCCC2)N2CCNCC2)co1. The maximum atomic E-state index is 5.33. The Morgan fingerprint density at radius 2 is 1.94 bits per heavy atom. The lowest BCUT2D eigenvalue weighted by atomic mass is 9.81. The fraction of sp³-hybridized carbons (Fsp3) is 0.733. The highest BCUT2D eigenvalue weighted by atomic mass is 16.3. The summed E-state index contributed by atoms with van der Waals surface area (Å²) in [5.74, 6) is 0.828. The van der Waals surface area contributed by atoms with Gasteiger partial charge in [-0.2, -0.15) is 0 Å². The normalized spacial score (nSPS) is 25.1. The van der Waals surface area contributed by atoms with Crippen LogP contribution in [-0.2, 0) is 0 Å². The standard InChI is InChI=1S/C15H24N2O/c1-2-4-13(5-3-1)15(14-6-11-18-12-14)17-9-7-16-8-10-17/h6,11-13,15-16H,1-5,7-10H2/t15-/m1/s1. The van der Waals surface area contributed by atoms with Crippen LogP contribution in [-0.4, -0.2) is 31.1 Å². The Labute approximate surface area is 110 Å². The molecule has 0 bridgehead atoms. The van der Waals surface area contributed by atoms with E-state index in [-0.39, 0.29) is 0 Å². The predicted molar refractivity (Wildman–Crippen MR) is 72.5 cm³/mol. The van der Waals surface area contributed by atoms with Crippen LogP contribution in [0.2, 0.25) is 0 Å². The summed E-state index contributed by atoms with van der Waals surface area (Å²) >= 11 is 0. The Morgan fingerprint density at radius 1 is 1.17 bits per heavy atom. The molecule has 2 aliphatic rings. The van der Waals surface area contributed by atoms with Gasteiger partial charge in [0, 0.05) is 37.8 Å². The second kappa shape index (κ2) is 5.89. The highest BCUT2D eigenvalue weighted by Crippen LogP contribution is 2.38. The Bertz CT molecular complexity index is 319. The summed E-state index contributed by atoms with van der Waals surface area (Å²) < 4.78 is 5.33. The molecule has 3 heteroatoms. The van der Waals surface area contributed by atoms with Crippen molar-refractivity contribution >= 4 is 0 Å². The molecule has 18 heavy (non-hydrogen) atoms. The molecule has 1 saturated heterocycles. The van der Waals surface area contributed by atoms with Gasteiger partial charge >= 0.3 is 0 Å². The van der Waals surface area contributed by atoms with Gasteiger partial charge in [-0.1, -0.05) is 19.3 Å². The molecule has 2 fully saturated rings. The van der Waals surface area contributed by atoms with Crippen molar-refractivity contribution in [3.05, 3.63) is 24.2 Å². The predicted octanol–water partition coefficient (Wildman–Crippen LogP) is 2.81. The zero-order valence-electron chi connectivity index (χ0n) is 11.1. The van der Waals surface area contributed by atoms with Gasteiger partial charge < -0.3 is 9.73 Å². The number of piperazine rings is 1. The van der Waals surface area contributed by atoms with Crippen molar-refractivity contribution in [2.45, 2.75) is 38.1 Å². The Balaban J connectivity index is 1.78. The average molecular weight is 248 g/mol. The first kappa shape index (κ1) is 12.2. The Morgan fingerprint density at radius 3 is 2.61 bits per heavy atom. The summed E-state index contributed by atoms with van der Waals surface area (Å²) in [7, 11) is 0. The summed E-state index contributed by atoms with van der Waals surface area (Å²) in [6.45, 7) is 4.60. The van der Waals surface area contributed by atoms with Crippen molar-refractivity contribution in [3.63, 3.8) is 0 Å². The molecule has 2 heterocycles. The van der Waals surface area contributed by atoms with Crippen LogP contribution in [0.3, 0.4) is 0 Å². The van der Waals surface area contributed by atoms with Crippen LogP contribution in [0.1, 0.15) is 43.7 Å². The van der Waals surface area contributed by atoms with Crippen molar-refractivity contribution in [2.24, 2.45) is 5.92 Å². The molecule has 100 valence electrons. The van der Waals surface area contributed by atoms with Crippen LogP contribution in [0.25, 0.3) is 0 Å². The number of hydrogen-bond acceptors (Lipinski definition) is 3. The van der Waals surface area contributed by atoms with Crippen LogP contribution in [0.15, 0.2) is 23.0 Å². The number of nitrogens with one attached hydrogen (secondary N) is 1. The molecule has 0 radical (unpaired) electrons. The maximum absolute atomic E-state index is 5.33. The number of rotatable bonds is 3. The van der Waals surface area contributed by atoms with Crippen molar-refractivity contribution in [3.8, 4) is 0 Å². The highest BCUT2D eigenvalue weighted by Gasteiger charge is 2.31. The van der Waals surface area contributed by atoms with Gasteiger partial charge in [-0.05, 0) is 24.8 Å². The van der Waals surface area contributed by atoms with Gasteiger partial charge in [0.05, 0.1) is 12.5 Å². The number of nitrogens with zero attached hydrogens (tertiary/aromatic N) is 1. The number of hydrogen-bond donors (Lipinski definition) is 1.